The Hall–Kier alpha value is -0.850. The molecule has 1 aromatic heterocycles. The van der Waals surface area contributed by atoms with Crippen molar-refractivity contribution < 1.29 is 4.57 Å². The van der Waals surface area contributed by atoms with Gasteiger partial charge in [-0.05, 0) is 18.9 Å². The quantitative estimate of drug-likeness (QED) is 0.142. The first-order valence-electron chi connectivity index (χ1n) is 13.3. The number of hydrogen-bond donors (Lipinski definition) is 0. The van der Waals surface area contributed by atoms with Gasteiger partial charge in [0, 0.05) is 18.6 Å². The first-order valence-corrected chi connectivity index (χ1v) is 13.3. The van der Waals surface area contributed by atoms with Crippen LogP contribution in [0.15, 0.2) is 24.5 Å². The number of nitrogens with zero attached hydrogens (tertiary/aromatic N) is 1. The zero-order valence-corrected chi connectivity index (χ0v) is 20.1. The van der Waals surface area contributed by atoms with E-state index in [-0.39, 0.29) is 0 Å². The van der Waals surface area contributed by atoms with E-state index in [2.05, 4.69) is 42.9 Å². The molecule has 0 N–H and O–H groups in total. The summed E-state index contributed by atoms with van der Waals surface area (Å²) in [6.45, 7) is 5.64. The van der Waals surface area contributed by atoms with Gasteiger partial charge >= 0.3 is 0 Å². The minimum atomic E-state index is 1.18. The molecule has 0 radical (unpaired) electrons. The van der Waals surface area contributed by atoms with Crippen molar-refractivity contribution in [2.75, 3.05) is 0 Å². The Balaban J connectivity index is 1.69. The molecule has 0 unspecified atom stereocenters. The fourth-order valence-electron chi connectivity index (χ4n) is 4.23. The molecule has 0 bridgehead atoms. The second kappa shape index (κ2) is 20.4. The van der Waals surface area contributed by atoms with Gasteiger partial charge in [0.2, 0.25) is 0 Å². The normalized spacial score (nSPS) is 11.2. The Morgan fingerprint density at radius 1 is 0.483 bits per heavy atom. The van der Waals surface area contributed by atoms with Crippen LogP contribution in [0.1, 0.15) is 141 Å². The number of hydrogen-bond acceptors (Lipinski definition) is 0. The SMILES string of the molecule is CCCCCCCCCCCCCCCCCCCCCC[n+]1ccc(C)cc1. The van der Waals surface area contributed by atoms with E-state index >= 15 is 0 Å². The first-order chi connectivity index (χ1) is 14.3. The maximum absolute atomic E-state index is 2.32. The van der Waals surface area contributed by atoms with Gasteiger partial charge in [-0.1, -0.05) is 122 Å². The number of unbranched alkanes of at least 4 members (excludes halogenated alkanes) is 19. The Morgan fingerprint density at radius 3 is 1.14 bits per heavy atom. The Kier molecular flexibility index (Phi) is 18.4. The predicted octanol–water partition coefficient (Wildman–Crippen LogP) is 9.10. The van der Waals surface area contributed by atoms with Gasteiger partial charge < -0.3 is 0 Å². The summed E-state index contributed by atoms with van der Waals surface area (Å²) in [6.07, 6.45) is 33.4. The van der Waals surface area contributed by atoms with Crippen LogP contribution in [0.3, 0.4) is 0 Å². The van der Waals surface area contributed by atoms with Crippen LogP contribution in [-0.4, -0.2) is 0 Å². The number of aryl methyl sites for hydroxylation is 2. The third-order valence-electron chi connectivity index (χ3n) is 6.33. The van der Waals surface area contributed by atoms with Crippen molar-refractivity contribution in [3.63, 3.8) is 0 Å². The number of aromatic nitrogens is 1. The number of pyridine rings is 1. The molecule has 0 saturated carbocycles. The summed E-state index contributed by atoms with van der Waals surface area (Å²) in [5.74, 6) is 0. The molecule has 0 spiro atoms. The first kappa shape index (κ1) is 26.2. The van der Waals surface area contributed by atoms with E-state index in [4.69, 9.17) is 0 Å². The summed E-state index contributed by atoms with van der Waals surface area (Å²) < 4.78 is 2.32. The molecule has 1 rings (SSSR count). The van der Waals surface area contributed by atoms with Gasteiger partial charge in [-0.25, -0.2) is 4.57 Å². The van der Waals surface area contributed by atoms with Crippen molar-refractivity contribution in [3.8, 4) is 0 Å². The largest absolute Gasteiger partial charge is 0.205 e. The molecular weight excluding hydrogens is 350 g/mol. The summed E-state index contributed by atoms with van der Waals surface area (Å²) in [7, 11) is 0. The maximum Gasteiger partial charge on any atom is 0.169 e. The Morgan fingerprint density at radius 2 is 0.793 bits per heavy atom. The van der Waals surface area contributed by atoms with Crippen molar-refractivity contribution in [3.05, 3.63) is 30.1 Å². The van der Waals surface area contributed by atoms with Crippen molar-refractivity contribution in [2.24, 2.45) is 0 Å². The molecule has 0 aliphatic carbocycles. The molecule has 0 amide bonds. The second-order valence-corrected chi connectivity index (χ2v) is 9.33. The van der Waals surface area contributed by atoms with Crippen molar-refractivity contribution in [1.82, 2.24) is 0 Å². The molecule has 1 heteroatoms. The van der Waals surface area contributed by atoms with Crippen LogP contribution in [0.2, 0.25) is 0 Å². The minimum Gasteiger partial charge on any atom is -0.205 e. The third kappa shape index (κ3) is 17.7. The lowest BCUT2D eigenvalue weighted by molar-refractivity contribution is -0.697. The van der Waals surface area contributed by atoms with Gasteiger partial charge in [0.05, 0.1) is 0 Å². The number of rotatable bonds is 21. The molecule has 1 nitrogen and oxygen atoms in total. The van der Waals surface area contributed by atoms with Crippen LogP contribution in [0.5, 0.6) is 0 Å². The van der Waals surface area contributed by atoms with E-state index in [1.54, 1.807) is 0 Å². The molecule has 0 aliphatic rings. The predicted molar refractivity (Wildman–Crippen MR) is 129 cm³/mol. The lowest BCUT2D eigenvalue weighted by Crippen LogP contribution is -2.32. The smallest absolute Gasteiger partial charge is 0.169 e. The van der Waals surface area contributed by atoms with Crippen LogP contribution in [-0.2, 0) is 6.54 Å². The standard InChI is InChI=1S/C28H52N/c1-3-4-5-6-7-8-9-10-11-12-13-14-15-16-17-18-19-20-21-22-25-29-26-23-28(2)24-27-29/h23-24,26-27H,3-22,25H2,1-2H3/q+1. The zero-order valence-electron chi connectivity index (χ0n) is 20.1. The van der Waals surface area contributed by atoms with E-state index < -0.39 is 0 Å². The van der Waals surface area contributed by atoms with Crippen LogP contribution in [0, 0.1) is 6.92 Å². The summed E-state index contributed by atoms with van der Waals surface area (Å²) in [4.78, 5) is 0. The maximum atomic E-state index is 2.32. The van der Waals surface area contributed by atoms with Gasteiger partial charge in [-0.2, -0.15) is 0 Å². The Labute approximate surface area is 183 Å². The summed E-state index contributed by atoms with van der Waals surface area (Å²) in [6, 6.07) is 4.41. The fraction of sp³-hybridized carbons (Fsp3) is 0.821. The van der Waals surface area contributed by atoms with E-state index in [9.17, 15) is 0 Å². The second-order valence-electron chi connectivity index (χ2n) is 9.33. The van der Waals surface area contributed by atoms with E-state index in [0.29, 0.717) is 0 Å². The summed E-state index contributed by atoms with van der Waals surface area (Å²) in [5, 5.41) is 0. The molecule has 168 valence electrons. The lowest BCUT2D eigenvalue weighted by atomic mass is 10.0. The highest BCUT2D eigenvalue weighted by atomic mass is 14.9. The molecule has 0 aromatic carbocycles. The van der Waals surface area contributed by atoms with Gasteiger partial charge in [0.15, 0.2) is 12.4 Å². The monoisotopic (exact) mass is 402 g/mol. The van der Waals surface area contributed by atoms with Crippen LogP contribution < -0.4 is 4.57 Å². The Bertz CT molecular complexity index is 436. The van der Waals surface area contributed by atoms with Crippen LogP contribution in [0.4, 0.5) is 0 Å². The van der Waals surface area contributed by atoms with Crippen LogP contribution in [0.25, 0.3) is 0 Å². The molecule has 0 atom stereocenters. The molecule has 1 aromatic rings. The molecular formula is C28H52N+. The van der Waals surface area contributed by atoms with E-state index in [1.165, 1.54) is 141 Å². The molecule has 0 fully saturated rings. The molecule has 1 heterocycles. The van der Waals surface area contributed by atoms with Crippen molar-refractivity contribution >= 4 is 0 Å². The summed E-state index contributed by atoms with van der Waals surface area (Å²) in [5.41, 5.74) is 1.35. The molecule has 0 aliphatic heterocycles. The fourth-order valence-corrected chi connectivity index (χ4v) is 4.23. The topological polar surface area (TPSA) is 3.88 Å². The van der Waals surface area contributed by atoms with Gasteiger partial charge in [0.1, 0.15) is 6.54 Å². The zero-order chi connectivity index (χ0) is 20.8. The molecule has 29 heavy (non-hydrogen) atoms. The van der Waals surface area contributed by atoms with Crippen molar-refractivity contribution in [1.29, 1.82) is 0 Å². The highest BCUT2D eigenvalue weighted by molar-refractivity contribution is 5.03. The average molecular weight is 403 g/mol. The average Bonchev–Trinajstić information content (AvgIpc) is 2.73. The lowest BCUT2D eigenvalue weighted by Gasteiger charge is -2.04. The summed E-state index contributed by atoms with van der Waals surface area (Å²) >= 11 is 0. The van der Waals surface area contributed by atoms with Crippen molar-refractivity contribution in [2.45, 2.75) is 149 Å². The highest BCUT2D eigenvalue weighted by Gasteiger charge is 1.99. The molecule has 0 saturated heterocycles. The third-order valence-corrected chi connectivity index (χ3v) is 6.33. The van der Waals surface area contributed by atoms with Gasteiger partial charge in [-0.15, -0.1) is 0 Å². The highest BCUT2D eigenvalue weighted by Crippen LogP contribution is 2.14. The van der Waals surface area contributed by atoms with E-state index in [0.717, 1.165) is 0 Å². The van der Waals surface area contributed by atoms with Gasteiger partial charge in [-0.3, -0.25) is 0 Å². The van der Waals surface area contributed by atoms with E-state index in [1.807, 2.05) is 0 Å². The van der Waals surface area contributed by atoms with Crippen LogP contribution >= 0.6 is 0 Å². The minimum absolute atomic E-state index is 1.18. The van der Waals surface area contributed by atoms with Gasteiger partial charge in [0.25, 0.3) is 0 Å².